The summed E-state index contributed by atoms with van der Waals surface area (Å²) in [5.41, 5.74) is 0. The van der Waals surface area contributed by atoms with Gasteiger partial charge in [-0.05, 0) is 49.4 Å². The molecule has 4 unspecified atom stereocenters. The van der Waals surface area contributed by atoms with Crippen molar-refractivity contribution in [3.8, 4) is 0 Å². The van der Waals surface area contributed by atoms with Gasteiger partial charge in [-0.15, -0.1) is 0 Å². The second kappa shape index (κ2) is 60.7. The molecule has 0 radical (unpaired) electrons. The first-order chi connectivity index (χ1) is 43.1. The maximum atomic E-state index is 13.0. The van der Waals surface area contributed by atoms with Crippen LogP contribution in [0.2, 0.25) is 0 Å². The number of hydrogen-bond donors (Lipinski definition) is 3. The van der Waals surface area contributed by atoms with Gasteiger partial charge in [-0.1, -0.05) is 299 Å². The molecule has 534 valence electrons. The summed E-state index contributed by atoms with van der Waals surface area (Å²) in [6, 6.07) is 0. The Bertz CT molecular complexity index is 1780. The molecule has 0 aliphatic heterocycles. The molecule has 17 nitrogen and oxygen atoms in total. The molecule has 3 N–H and O–H groups in total. The molecule has 0 aliphatic carbocycles. The van der Waals surface area contributed by atoms with E-state index in [0.29, 0.717) is 31.6 Å². The summed E-state index contributed by atoms with van der Waals surface area (Å²) in [4.78, 5) is 72.6. The third-order valence-corrected chi connectivity index (χ3v) is 18.6. The molecular formula is C71H138O17P2. The largest absolute Gasteiger partial charge is 0.472 e. The Labute approximate surface area is 549 Å². The number of carbonyl (C=O) groups is 4. The van der Waals surface area contributed by atoms with Crippen molar-refractivity contribution < 1.29 is 80.2 Å². The molecule has 90 heavy (non-hydrogen) atoms. The molecule has 0 fully saturated rings. The van der Waals surface area contributed by atoms with E-state index < -0.39 is 97.5 Å². The van der Waals surface area contributed by atoms with Gasteiger partial charge in [0.2, 0.25) is 0 Å². The third kappa shape index (κ3) is 63.5. The lowest BCUT2D eigenvalue weighted by molar-refractivity contribution is -0.161. The number of esters is 4. The predicted octanol–water partition coefficient (Wildman–Crippen LogP) is 20.1. The van der Waals surface area contributed by atoms with E-state index in [1.54, 1.807) is 0 Å². The summed E-state index contributed by atoms with van der Waals surface area (Å²) in [5.74, 6) is 0.875. The highest BCUT2D eigenvalue weighted by Crippen LogP contribution is 2.45. The van der Waals surface area contributed by atoms with Crippen molar-refractivity contribution >= 4 is 39.5 Å². The minimum Gasteiger partial charge on any atom is -0.462 e. The van der Waals surface area contributed by atoms with Crippen LogP contribution in [0, 0.1) is 23.7 Å². The Kier molecular flexibility index (Phi) is 59.4. The van der Waals surface area contributed by atoms with Crippen LogP contribution < -0.4 is 0 Å². The van der Waals surface area contributed by atoms with E-state index in [-0.39, 0.29) is 25.7 Å². The highest BCUT2D eigenvalue weighted by atomic mass is 31.2. The third-order valence-electron chi connectivity index (χ3n) is 16.7. The lowest BCUT2D eigenvalue weighted by Crippen LogP contribution is -2.30. The summed E-state index contributed by atoms with van der Waals surface area (Å²) in [5, 5.41) is 10.6. The Morgan fingerprint density at radius 3 is 0.789 bits per heavy atom. The summed E-state index contributed by atoms with van der Waals surface area (Å²) in [6.45, 7) is 14.1. The van der Waals surface area contributed by atoms with Crippen LogP contribution in [0.4, 0.5) is 0 Å². The smallest absolute Gasteiger partial charge is 0.462 e. The topological polar surface area (TPSA) is 237 Å². The van der Waals surface area contributed by atoms with Crippen LogP contribution >= 0.6 is 15.6 Å². The lowest BCUT2D eigenvalue weighted by Gasteiger charge is -2.21. The van der Waals surface area contributed by atoms with Crippen molar-refractivity contribution in [1.82, 2.24) is 0 Å². The summed E-state index contributed by atoms with van der Waals surface area (Å²) < 4.78 is 68.3. The molecule has 0 heterocycles. The van der Waals surface area contributed by atoms with Crippen molar-refractivity contribution in [2.45, 2.75) is 369 Å². The number of unbranched alkanes of at least 4 members (excludes halogenated alkanes) is 33. The first-order valence-corrected chi connectivity index (χ1v) is 39.7. The van der Waals surface area contributed by atoms with Gasteiger partial charge in [-0.2, -0.15) is 0 Å². The monoisotopic (exact) mass is 1320 g/mol. The molecule has 0 aromatic carbocycles. The number of aliphatic hydroxyl groups is 1. The minimum atomic E-state index is -4.95. The molecule has 6 atom stereocenters. The highest BCUT2D eigenvalue weighted by Gasteiger charge is 2.30. The number of ether oxygens (including phenoxy) is 4. The van der Waals surface area contributed by atoms with Crippen molar-refractivity contribution in [2.24, 2.45) is 23.7 Å². The first kappa shape index (κ1) is 88.1. The number of rotatable bonds is 68. The number of phosphoric acid groups is 2. The standard InChI is InChI=1S/C71H138O17P2/c1-9-64(8)50-42-34-26-20-21-29-38-46-54-71(76)88-66(57-81-68(73)51-43-35-27-19-15-17-24-32-40-48-62(4)5)59-85-89(77,78)83-55-65(72)56-84-90(79,80)86-60-67(58-82-69(74)52-44-36-30-22-25-33-41-49-63(6)7)87-70(75)53-45-37-28-18-14-12-10-11-13-16-23-31-39-47-61(2)3/h61-67,72H,9-60H2,1-8H3,(H,77,78)(H,79,80)/t64?,65?,66-,67-/m1/s1. The first-order valence-electron chi connectivity index (χ1n) is 36.7. The summed E-state index contributed by atoms with van der Waals surface area (Å²) in [6.07, 6.45) is 43.1. The van der Waals surface area contributed by atoms with E-state index in [0.717, 1.165) is 114 Å². The van der Waals surface area contributed by atoms with Crippen LogP contribution in [-0.4, -0.2) is 96.7 Å². The molecule has 19 heteroatoms. The van der Waals surface area contributed by atoms with Crippen molar-refractivity contribution in [2.75, 3.05) is 39.6 Å². The normalized spacial score (nSPS) is 14.6. The van der Waals surface area contributed by atoms with Crippen molar-refractivity contribution in [3.63, 3.8) is 0 Å². The Morgan fingerprint density at radius 1 is 0.311 bits per heavy atom. The van der Waals surface area contributed by atoms with Gasteiger partial charge < -0.3 is 33.8 Å². The molecule has 0 spiro atoms. The molecule has 0 saturated heterocycles. The average Bonchev–Trinajstić information content (AvgIpc) is 3.67. The van der Waals surface area contributed by atoms with Crippen LogP contribution in [0.1, 0.15) is 351 Å². The van der Waals surface area contributed by atoms with E-state index >= 15 is 0 Å². The highest BCUT2D eigenvalue weighted by molar-refractivity contribution is 7.47. The van der Waals surface area contributed by atoms with Gasteiger partial charge >= 0.3 is 39.5 Å². The minimum absolute atomic E-state index is 0.104. The number of aliphatic hydroxyl groups excluding tert-OH is 1. The molecule has 0 aromatic rings. The van der Waals surface area contributed by atoms with Crippen molar-refractivity contribution in [3.05, 3.63) is 0 Å². The van der Waals surface area contributed by atoms with E-state index in [2.05, 4.69) is 55.4 Å². The molecule has 0 rings (SSSR count). The van der Waals surface area contributed by atoms with Crippen LogP contribution in [0.25, 0.3) is 0 Å². The van der Waals surface area contributed by atoms with Crippen LogP contribution in [0.15, 0.2) is 0 Å². The van der Waals surface area contributed by atoms with Crippen molar-refractivity contribution in [1.29, 1.82) is 0 Å². The van der Waals surface area contributed by atoms with Crippen LogP contribution in [0.5, 0.6) is 0 Å². The zero-order chi connectivity index (χ0) is 66.8. The van der Waals surface area contributed by atoms with E-state index in [9.17, 15) is 43.2 Å². The van der Waals surface area contributed by atoms with Gasteiger partial charge in [-0.25, -0.2) is 9.13 Å². The number of phosphoric ester groups is 2. The molecule has 0 aromatic heterocycles. The van der Waals surface area contributed by atoms with Gasteiger partial charge in [0.1, 0.15) is 19.3 Å². The summed E-state index contributed by atoms with van der Waals surface area (Å²) >= 11 is 0. The van der Waals surface area contributed by atoms with Gasteiger partial charge in [0.15, 0.2) is 12.2 Å². The molecular weight excluding hydrogens is 1190 g/mol. The van der Waals surface area contributed by atoms with E-state index in [1.807, 2.05) is 0 Å². The van der Waals surface area contributed by atoms with E-state index in [1.165, 1.54) is 148 Å². The second-order valence-electron chi connectivity index (χ2n) is 27.3. The van der Waals surface area contributed by atoms with Gasteiger partial charge in [-0.3, -0.25) is 37.3 Å². The fraction of sp³-hybridized carbons (Fsp3) is 0.944. The fourth-order valence-electron chi connectivity index (χ4n) is 10.6. The summed E-state index contributed by atoms with van der Waals surface area (Å²) in [7, 11) is -9.90. The van der Waals surface area contributed by atoms with Gasteiger partial charge in [0.05, 0.1) is 26.4 Å². The Morgan fingerprint density at radius 2 is 0.533 bits per heavy atom. The fourth-order valence-corrected chi connectivity index (χ4v) is 12.2. The van der Waals surface area contributed by atoms with E-state index in [4.69, 9.17) is 37.0 Å². The maximum absolute atomic E-state index is 13.0. The Hall–Kier alpha value is -1.94. The zero-order valence-corrected chi connectivity index (χ0v) is 60.6. The SMILES string of the molecule is CCC(C)CCCCCCCCCCC(=O)O[C@H](COC(=O)CCCCCCCCCCCC(C)C)COP(=O)(O)OCC(O)COP(=O)(O)OC[C@@H](COC(=O)CCCCCCCCCC(C)C)OC(=O)CCCCCCCCCCCCCCCC(C)C. The molecule has 0 saturated carbocycles. The van der Waals surface area contributed by atoms with Gasteiger partial charge in [0.25, 0.3) is 0 Å². The number of carbonyl (C=O) groups excluding carboxylic acids is 4. The quantitative estimate of drug-likeness (QED) is 0.0222. The molecule has 0 bridgehead atoms. The second-order valence-corrected chi connectivity index (χ2v) is 30.2. The number of hydrogen-bond acceptors (Lipinski definition) is 15. The van der Waals surface area contributed by atoms with Gasteiger partial charge in [0, 0.05) is 25.7 Å². The van der Waals surface area contributed by atoms with Crippen LogP contribution in [-0.2, 0) is 65.4 Å². The average molecular weight is 1330 g/mol. The zero-order valence-electron chi connectivity index (χ0n) is 58.8. The van der Waals surface area contributed by atoms with Crippen LogP contribution in [0.3, 0.4) is 0 Å². The lowest BCUT2D eigenvalue weighted by atomic mass is 9.99. The predicted molar refractivity (Wildman–Crippen MR) is 363 cm³/mol. The maximum Gasteiger partial charge on any atom is 0.472 e. The molecule has 0 amide bonds. The Balaban J connectivity index is 5.25. The molecule has 0 aliphatic rings.